The van der Waals surface area contributed by atoms with E-state index in [1.165, 1.54) is 17.0 Å². The lowest BCUT2D eigenvalue weighted by atomic mass is 9.99. The van der Waals surface area contributed by atoms with Gasteiger partial charge in [0.1, 0.15) is 0 Å². The molecule has 1 fully saturated rings. The van der Waals surface area contributed by atoms with Gasteiger partial charge in [-0.05, 0) is 54.7 Å². The summed E-state index contributed by atoms with van der Waals surface area (Å²) in [5, 5.41) is 9.60. The number of pyridine rings is 1. The Morgan fingerprint density at radius 1 is 1.00 bits per heavy atom. The van der Waals surface area contributed by atoms with Crippen LogP contribution in [0.4, 0.5) is 0 Å². The van der Waals surface area contributed by atoms with Crippen LogP contribution >= 0.6 is 11.6 Å². The zero-order valence-electron chi connectivity index (χ0n) is 19.2. The highest BCUT2D eigenvalue weighted by molar-refractivity contribution is 6.35. The number of nitrogens with zero attached hydrogens (tertiary/aromatic N) is 3. The fourth-order valence-corrected chi connectivity index (χ4v) is 4.51. The summed E-state index contributed by atoms with van der Waals surface area (Å²) in [5.74, 6) is -1.12. The summed E-state index contributed by atoms with van der Waals surface area (Å²) in [7, 11) is 3.32. The SMILES string of the molecule is CN(C)C(=O)c1ccc2c(-c3ccc(C(=O)O)cc3)nc(C(=O)c3c(Cl)cccc3C3CC3)n2c1. The normalized spacial score (nSPS) is 13.1. The summed E-state index contributed by atoms with van der Waals surface area (Å²) >= 11 is 6.52. The number of aromatic nitrogens is 2. The molecule has 0 spiro atoms. The Balaban J connectivity index is 1.72. The lowest BCUT2D eigenvalue weighted by Crippen LogP contribution is -2.22. The third-order valence-corrected chi connectivity index (χ3v) is 6.50. The number of carbonyl (C=O) groups is 3. The number of hydrogen-bond donors (Lipinski definition) is 1. The number of amides is 1. The molecule has 2 aromatic carbocycles. The number of benzene rings is 2. The van der Waals surface area contributed by atoms with Crippen molar-refractivity contribution >= 4 is 34.8 Å². The number of ketones is 1. The van der Waals surface area contributed by atoms with Gasteiger partial charge in [0.2, 0.25) is 5.78 Å². The van der Waals surface area contributed by atoms with Crippen LogP contribution in [0.25, 0.3) is 16.8 Å². The van der Waals surface area contributed by atoms with E-state index in [9.17, 15) is 19.5 Å². The predicted molar refractivity (Wildman–Crippen MR) is 132 cm³/mol. The smallest absolute Gasteiger partial charge is 0.335 e. The fraction of sp³-hybridized carbons (Fsp3) is 0.185. The molecule has 4 aromatic rings. The Kier molecular flexibility index (Phi) is 5.65. The lowest BCUT2D eigenvalue weighted by Gasteiger charge is -2.12. The first-order valence-corrected chi connectivity index (χ1v) is 11.5. The van der Waals surface area contributed by atoms with Gasteiger partial charge in [0.15, 0.2) is 5.82 Å². The van der Waals surface area contributed by atoms with E-state index in [0.29, 0.717) is 38.8 Å². The van der Waals surface area contributed by atoms with E-state index >= 15 is 0 Å². The summed E-state index contributed by atoms with van der Waals surface area (Å²) in [5.41, 5.74) is 3.68. The van der Waals surface area contributed by atoms with Gasteiger partial charge in [-0.25, -0.2) is 9.78 Å². The quantitative estimate of drug-likeness (QED) is 0.379. The van der Waals surface area contributed by atoms with Crippen LogP contribution in [0.1, 0.15) is 61.2 Å². The maximum absolute atomic E-state index is 13.9. The number of imidazole rings is 1. The van der Waals surface area contributed by atoms with Gasteiger partial charge in [-0.2, -0.15) is 0 Å². The molecule has 0 radical (unpaired) electrons. The van der Waals surface area contributed by atoms with Crippen molar-refractivity contribution in [2.45, 2.75) is 18.8 Å². The molecule has 1 aliphatic carbocycles. The standard InChI is InChI=1S/C27H22ClN3O4/c1-30(2)26(33)18-12-13-21-23(16-8-10-17(11-9-16)27(34)35)29-25(31(21)14-18)24(32)22-19(15-6-7-15)4-3-5-20(22)28/h3-5,8-15H,6-7H2,1-2H3,(H,34,35). The van der Waals surface area contributed by atoms with Crippen molar-refractivity contribution in [2.75, 3.05) is 14.1 Å². The molecule has 0 atom stereocenters. The second-order valence-corrected chi connectivity index (χ2v) is 9.25. The fourth-order valence-electron chi connectivity index (χ4n) is 4.24. The Morgan fingerprint density at radius 2 is 1.69 bits per heavy atom. The first-order valence-electron chi connectivity index (χ1n) is 11.2. The average molecular weight is 488 g/mol. The van der Waals surface area contributed by atoms with E-state index in [4.69, 9.17) is 16.6 Å². The molecule has 8 heteroatoms. The number of carboxylic acids is 1. The van der Waals surface area contributed by atoms with E-state index in [-0.39, 0.29) is 23.1 Å². The summed E-state index contributed by atoms with van der Waals surface area (Å²) in [4.78, 5) is 44.0. The average Bonchev–Trinajstić information content (AvgIpc) is 3.63. The van der Waals surface area contributed by atoms with Gasteiger partial charge in [-0.15, -0.1) is 0 Å². The lowest BCUT2D eigenvalue weighted by molar-refractivity contribution is 0.0696. The second kappa shape index (κ2) is 8.67. The topological polar surface area (TPSA) is 92.0 Å². The molecule has 176 valence electrons. The molecule has 0 saturated heterocycles. The van der Waals surface area contributed by atoms with E-state index in [2.05, 4.69) is 0 Å². The Morgan fingerprint density at radius 3 is 2.31 bits per heavy atom. The number of fused-ring (bicyclic) bond motifs is 1. The predicted octanol–water partition coefficient (Wildman–Crippen LogP) is 5.16. The van der Waals surface area contributed by atoms with Crippen LogP contribution in [-0.4, -0.2) is 51.1 Å². The molecule has 2 heterocycles. The van der Waals surface area contributed by atoms with E-state index in [1.807, 2.05) is 12.1 Å². The highest BCUT2D eigenvalue weighted by atomic mass is 35.5. The van der Waals surface area contributed by atoms with Gasteiger partial charge in [0.05, 0.1) is 27.4 Å². The highest BCUT2D eigenvalue weighted by Crippen LogP contribution is 2.43. The molecule has 1 saturated carbocycles. The van der Waals surface area contributed by atoms with Gasteiger partial charge < -0.3 is 10.0 Å². The van der Waals surface area contributed by atoms with E-state index < -0.39 is 5.97 Å². The molecule has 0 bridgehead atoms. The van der Waals surface area contributed by atoms with Gasteiger partial charge in [-0.3, -0.25) is 14.0 Å². The second-order valence-electron chi connectivity index (χ2n) is 8.85. The summed E-state index contributed by atoms with van der Waals surface area (Å²) in [6.07, 6.45) is 3.62. The minimum absolute atomic E-state index is 0.140. The number of halogens is 1. The van der Waals surface area contributed by atoms with Crippen molar-refractivity contribution in [3.63, 3.8) is 0 Å². The van der Waals surface area contributed by atoms with Crippen molar-refractivity contribution in [2.24, 2.45) is 0 Å². The van der Waals surface area contributed by atoms with Crippen LogP contribution in [0.15, 0.2) is 60.8 Å². The molecule has 7 nitrogen and oxygen atoms in total. The van der Waals surface area contributed by atoms with Crippen LogP contribution in [0.2, 0.25) is 5.02 Å². The zero-order chi connectivity index (χ0) is 24.9. The molecular formula is C27H22ClN3O4. The van der Waals surface area contributed by atoms with Crippen LogP contribution in [0, 0.1) is 0 Å². The molecule has 1 aliphatic rings. The molecular weight excluding hydrogens is 466 g/mol. The first-order chi connectivity index (χ1) is 16.8. The van der Waals surface area contributed by atoms with Crippen LogP contribution in [0.3, 0.4) is 0 Å². The van der Waals surface area contributed by atoms with Crippen LogP contribution in [-0.2, 0) is 0 Å². The number of carboxylic acid groups (broad SMARTS) is 1. The maximum Gasteiger partial charge on any atom is 0.335 e. The Labute approximate surface area is 206 Å². The van der Waals surface area contributed by atoms with Gasteiger partial charge in [0.25, 0.3) is 5.91 Å². The summed E-state index contributed by atoms with van der Waals surface area (Å²) in [6, 6.07) is 15.2. The Hall–Kier alpha value is -3.97. The third-order valence-electron chi connectivity index (χ3n) is 6.19. The molecule has 0 aliphatic heterocycles. The minimum atomic E-state index is -1.03. The number of hydrogen-bond acceptors (Lipinski definition) is 4. The molecule has 5 rings (SSSR count). The molecule has 0 unspecified atom stereocenters. The third kappa shape index (κ3) is 4.08. The number of rotatable bonds is 6. The van der Waals surface area contributed by atoms with Gasteiger partial charge >= 0.3 is 5.97 Å². The van der Waals surface area contributed by atoms with Crippen molar-refractivity contribution in [1.82, 2.24) is 14.3 Å². The van der Waals surface area contributed by atoms with Gasteiger partial charge in [0, 0.05) is 31.4 Å². The Bertz CT molecular complexity index is 1500. The van der Waals surface area contributed by atoms with E-state index in [0.717, 1.165) is 18.4 Å². The highest BCUT2D eigenvalue weighted by Gasteiger charge is 2.31. The van der Waals surface area contributed by atoms with Crippen molar-refractivity contribution in [3.05, 3.63) is 93.9 Å². The molecule has 2 aromatic heterocycles. The summed E-state index contributed by atoms with van der Waals surface area (Å²) in [6.45, 7) is 0. The van der Waals surface area contributed by atoms with Crippen LogP contribution < -0.4 is 0 Å². The maximum atomic E-state index is 13.9. The monoisotopic (exact) mass is 487 g/mol. The van der Waals surface area contributed by atoms with Gasteiger partial charge in [-0.1, -0.05) is 35.9 Å². The largest absolute Gasteiger partial charge is 0.478 e. The zero-order valence-corrected chi connectivity index (χ0v) is 19.9. The first kappa shape index (κ1) is 22.8. The van der Waals surface area contributed by atoms with Crippen molar-refractivity contribution in [3.8, 4) is 11.3 Å². The molecule has 1 amide bonds. The van der Waals surface area contributed by atoms with Crippen molar-refractivity contribution in [1.29, 1.82) is 0 Å². The minimum Gasteiger partial charge on any atom is -0.478 e. The molecule has 1 N–H and O–H groups in total. The number of carbonyl (C=O) groups excluding carboxylic acids is 2. The summed E-state index contributed by atoms with van der Waals surface area (Å²) < 4.78 is 1.62. The van der Waals surface area contributed by atoms with E-state index in [1.54, 1.807) is 55.0 Å². The number of aromatic carboxylic acids is 1. The van der Waals surface area contributed by atoms with Crippen LogP contribution in [0.5, 0.6) is 0 Å². The van der Waals surface area contributed by atoms with Crippen molar-refractivity contribution < 1.29 is 19.5 Å². The molecule has 35 heavy (non-hydrogen) atoms.